The average molecular weight is 297 g/mol. The Bertz CT molecular complexity index is 847. The molecule has 0 bridgehead atoms. The summed E-state index contributed by atoms with van der Waals surface area (Å²) in [6.07, 6.45) is 1.77. The Balaban J connectivity index is 1.97. The molecule has 1 N–H and O–H groups in total. The first-order valence-corrected chi connectivity index (χ1v) is 7.35. The van der Waals surface area contributed by atoms with Gasteiger partial charge < -0.3 is 4.74 Å². The van der Waals surface area contributed by atoms with E-state index in [0.717, 1.165) is 22.6 Å². The summed E-state index contributed by atoms with van der Waals surface area (Å²) < 4.78 is 7.23. The summed E-state index contributed by atoms with van der Waals surface area (Å²) in [7, 11) is 0. The van der Waals surface area contributed by atoms with Gasteiger partial charge in [-0.25, -0.2) is 9.50 Å². The summed E-state index contributed by atoms with van der Waals surface area (Å²) in [5, 5.41) is 2.98. The summed E-state index contributed by atoms with van der Waals surface area (Å²) in [5.41, 5.74) is 2.97. The van der Waals surface area contributed by atoms with Crippen molar-refractivity contribution in [3.8, 4) is 5.75 Å². The van der Waals surface area contributed by atoms with Crippen LogP contribution in [0.25, 0.3) is 5.65 Å². The predicted octanol–water partition coefficient (Wildman–Crippen LogP) is 3.03. The first-order valence-electron chi connectivity index (χ1n) is 7.35. The second-order valence-electron chi connectivity index (χ2n) is 5.63. The second kappa shape index (κ2) is 5.67. The van der Waals surface area contributed by atoms with Crippen LogP contribution in [-0.4, -0.2) is 14.6 Å². The normalized spacial score (nSPS) is 11.3. The molecule has 1 aromatic carbocycles. The number of hydrogen-bond acceptors (Lipinski definition) is 3. The van der Waals surface area contributed by atoms with E-state index in [1.807, 2.05) is 51.1 Å². The van der Waals surface area contributed by atoms with Crippen LogP contribution in [0, 0.1) is 6.92 Å². The Morgan fingerprint density at radius 1 is 1.27 bits per heavy atom. The maximum Gasteiger partial charge on any atom is 0.276 e. The third kappa shape index (κ3) is 2.50. The number of aromatic amines is 1. The SMILES string of the molecule is Cc1nc2c(COc3ccccc3)c[nH]n2c(=O)c1C(C)C. The molecule has 5 heteroatoms. The number of nitrogens with zero attached hydrogens (tertiary/aromatic N) is 2. The minimum Gasteiger partial charge on any atom is -0.489 e. The van der Waals surface area contributed by atoms with Crippen LogP contribution in [0.5, 0.6) is 5.75 Å². The molecular formula is C17H19N3O2. The standard InChI is InChI=1S/C17H19N3O2/c1-11(2)15-12(3)19-16-13(9-18-20(16)17(15)21)10-22-14-7-5-4-6-8-14/h4-9,11,18H,10H2,1-3H3. The van der Waals surface area contributed by atoms with Crippen LogP contribution in [0.2, 0.25) is 0 Å². The van der Waals surface area contributed by atoms with Crippen LogP contribution >= 0.6 is 0 Å². The number of fused-ring (bicyclic) bond motifs is 1. The maximum absolute atomic E-state index is 12.5. The van der Waals surface area contributed by atoms with Crippen LogP contribution in [0.15, 0.2) is 41.3 Å². The van der Waals surface area contributed by atoms with E-state index in [2.05, 4.69) is 10.1 Å². The molecule has 0 aliphatic heterocycles. The second-order valence-corrected chi connectivity index (χ2v) is 5.63. The number of para-hydroxylation sites is 1. The van der Waals surface area contributed by atoms with Crippen LogP contribution in [0.3, 0.4) is 0 Å². The molecule has 114 valence electrons. The van der Waals surface area contributed by atoms with Gasteiger partial charge in [-0.2, -0.15) is 0 Å². The van der Waals surface area contributed by atoms with Crippen molar-refractivity contribution in [1.82, 2.24) is 14.6 Å². The number of hydrogen-bond donors (Lipinski definition) is 1. The van der Waals surface area contributed by atoms with Crippen molar-refractivity contribution in [2.75, 3.05) is 0 Å². The van der Waals surface area contributed by atoms with Gasteiger partial charge in [0.25, 0.3) is 5.56 Å². The Labute approximate surface area is 128 Å². The van der Waals surface area contributed by atoms with Gasteiger partial charge in [0.2, 0.25) is 0 Å². The molecule has 3 aromatic rings. The lowest BCUT2D eigenvalue weighted by Gasteiger charge is -2.09. The van der Waals surface area contributed by atoms with Gasteiger partial charge in [0.1, 0.15) is 12.4 Å². The Morgan fingerprint density at radius 2 is 2.00 bits per heavy atom. The number of ether oxygens (including phenoxy) is 1. The molecule has 2 aromatic heterocycles. The van der Waals surface area contributed by atoms with Gasteiger partial charge in [-0.15, -0.1) is 0 Å². The molecule has 0 saturated carbocycles. The largest absolute Gasteiger partial charge is 0.489 e. The van der Waals surface area contributed by atoms with Crippen LogP contribution < -0.4 is 10.3 Å². The molecule has 0 radical (unpaired) electrons. The molecule has 0 fully saturated rings. The lowest BCUT2D eigenvalue weighted by molar-refractivity contribution is 0.307. The summed E-state index contributed by atoms with van der Waals surface area (Å²) in [5.74, 6) is 0.934. The monoisotopic (exact) mass is 297 g/mol. The molecule has 0 amide bonds. The fourth-order valence-corrected chi connectivity index (χ4v) is 2.63. The fraction of sp³-hybridized carbons (Fsp3) is 0.294. The zero-order valence-corrected chi connectivity index (χ0v) is 13.0. The summed E-state index contributed by atoms with van der Waals surface area (Å²) in [6.45, 7) is 6.25. The highest BCUT2D eigenvalue weighted by Gasteiger charge is 2.16. The van der Waals surface area contributed by atoms with Crippen molar-refractivity contribution in [2.24, 2.45) is 0 Å². The van der Waals surface area contributed by atoms with Gasteiger partial charge in [-0.05, 0) is 25.0 Å². The molecule has 0 unspecified atom stereocenters. The number of benzene rings is 1. The topological polar surface area (TPSA) is 59.4 Å². The zero-order valence-electron chi connectivity index (χ0n) is 13.0. The van der Waals surface area contributed by atoms with Crippen molar-refractivity contribution in [3.05, 3.63) is 63.7 Å². The van der Waals surface area contributed by atoms with Gasteiger partial charge in [0.15, 0.2) is 5.65 Å². The smallest absolute Gasteiger partial charge is 0.276 e. The number of aromatic nitrogens is 3. The van der Waals surface area contributed by atoms with E-state index in [0.29, 0.717) is 12.3 Å². The minimum atomic E-state index is -0.0385. The molecule has 0 saturated heterocycles. The highest BCUT2D eigenvalue weighted by molar-refractivity contribution is 5.48. The van der Waals surface area contributed by atoms with Crippen molar-refractivity contribution in [1.29, 1.82) is 0 Å². The lowest BCUT2D eigenvalue weighted by Crippen LogP contribution is -2.22. The summed E-state index contributed by atoms with van der Waals surface area (Å²) in [6, 6.07) is 9.59. The van der Waals surface area contributed by atoms with E-state index in [9.17, 15) is 4.79 Å². The van der Waals surface area contributed by atoms with Crippen molar-refractivity contribution < 1.29 is 4.74 Å². The highest BCUT2D eigenvalue weighted by Crippen LogP contribution is 2.17. The molecule has 3 rings (SSSR count). The Kier molecular flexibility index (Phi) is 3.71. The van der Waals surface area contributed by atoms with Crippen LogP contribution in [0.1, 0.15) is 36.6 Å². The fourth-order valence-electron chi connectivity index (χ4n) is 2.63. The van der Waals surface area contributed by atoms with E-state index in [4.69, 9.17) is 4.74 Å². The molecule has 22 heavy (non-hydrogen) atoms. The van der Waals surface area contributed by atoms with E-state index >= 15 is 0 Å². The number of H-pyrrole nitrogens is 1. The third-order valence-electron chi connectivity index (χ3n) is 3.68. The molecular weight excluding hydrogens is 278 g/mol. The van der Waals surface area contributed by atoms with E-state index in [1.54, 1.807) is 6.20 Å². The molecule has 0 spiro atoms. The van der Waals surface area contributed by atoms with Crippen molar-refractivity contribution >= 4 is 5.65 Å². The van der Waals surface area contributed by atoms with E-state index < -0.39 is 0 Å². The van der Waals surface area contributed by atoms with Crippen LogP contribution in [-0.2, 0) is 6.61 Å². The number of rotatable bonds is 4. The molecule has 0 aliphatic rings. The summed E-state index contributed by atoms with van der Waals surface area (Å²) >= 11 is 0. The van der Waals surface area contributed by atoms with Gasteiger partial charge in [-0.3, -0.25) is 9.89 Å². The van der Waals surface area contributed by atoms with Gasteiger partial charge in [0, 0.05) is 17.5 Å². The molecule has 5 nitrogen and oxygen atoms in total. The Morgan fingerprint density at radius 3 is 2.68 bits per heavy atom. The minimum absolute atomic E-state index is 0.0385. The third-order valence-corrected chi connectivity index (χ3v) is 3.68. The summed E-state index contributed by atoms with van der Waals surface area (Å²) in [4.78, 5) is 17.1. The highest BCUT2D eigenvalue weighted by atomic mass is 16.5. The quantitative estimate of drug-likeness (QED) is 0.805. The maximum atomic E-state index is 12.5. The lowest BCUT2D eigenvalue weighted by atomic mass is 10.0. The van der Waals surface area contributed by atoms with E-state index in [-0.39, 0.29) is 11.5 Å². The van der Waals surface area contributed by atoms with Crippen molar-refractivity contribution in [3.63, 3.8) is 0 Å². The average Bonchev–Trinajstić information content (AvgIpc) is 2.89. The number of aryl methyl sites for hydroxylation is 1. The molecule has 0 aliphatic carbocycles. The molecule has 0 atom stereocenters. The first kappa shape index (κ1) is 14.4. The van der Waals surface area contributed by atoms with Crippen LogP contribution in [0.4, 0.5) is 0 Å². The predicted molar refractivity (Wildman–Crippen MR) is 85.4 cm³/mol. The van der Waals surface area contributed by atoms with Crippen molar-refractivity contribution in [2.45, 2.75) is 33.3 Å². The van der Waals surface area contributed by atoms with Gasteiger partial charge in [0.05, 0.1) is 5.56 Å². The molecule has 2 heterocycles. The van der Waals surface area contributed by atoms with Gasteiger partial charge in [-0.1, -0.05) is 32.0 Å². The Hall–Kier alpha value is -2.56. The van der Waals surface area contributed by atoms with E-state index in [1.165, 1.54) is 4.52 Å². The number of nitrogens with one attached hydrogen (secondary N) is 1. The first-order chi connectivity index (χ1) is 10.6. The van der Waals surface area contributed by atoms with Gasteiger partial charge >= 0.3 is 0 Å². The zero-order chi connectivity index (χ0) is 15.7.